The molecule has 0 fully saturated rings. The zero-order valence-electron chi connectivity index (χ0n) is 26.5. The van der Waals surface area contributed by atoms with Gasteiger partial charge in [-0.05, 0) is 70.3 Å². The number of para-hydroxylation sites is 1. The van der Waals surface area contributed by atoms with E-state index in [0.717, 1.165) is 66.7 Å². The van der Waals surface area contributed by atoms with Gasteiger partial charge in [0.1, 0.15) is 11.2 Å². The fourth-order valence-electron chi connectivity index (χ4n) is 6.45. The summed E-state index contributed by atoms with van der Waals surface area (Å²) in [5.74, 6) is 0.663. The predicted octanol–water partition coefficient (Wildman–Crippen LogP) is 11.8. The van der Waals surface area contributed by atoms with Gasteiger partial charge in [-0.1, -0.05) is 121 Å². The van der Waals surface area contributed by atoms with Crippen LogP contribution in [0.2, 0.25) is 0 Å². The highest BCUT2D eigenvalue weighted by Gasteiger charge is 2.14. The number of nitrogens with zero attached hydrogens (tertiary/aromatic N) is 3. The van der Waals surface area contributed by atoms with E-state index < -0.39 is 0 Å². The molecule has 230 valence electrons. The molecule has 0 unspecified atom stereocenters. The van der Waals surface area contributed by atoms with E-state index >= 15 is 0 Å². The van der Waals surface area contributed by atoms with Crippen LogP contribution in [0.15, 0.2) is 181 Å². The van der Waals surface area contributed by atoms with Crippen molar-refractivity contribution in [3.8, 4) is 67.3 Å². The van der Waals surface area contributed by atoms with Gasteiger partial charge >= 0.3 is 0 Å². The summed E-state index contributed by atoms with van der Waals surface area (Å²) >= 11 is 0. The third-order valence-corrected chi connectivity index (χ3v) is 9.02. The minimum atomic E-state index is 0.663. The second-order valence-corrected chi connectivity index (χ2v) is 12.1. The van der Waals surface area contributed by atoms with Gasteiger partial charge in [0.15, 0.2) is 5.82 Å². The highest BCUT2D eigenvalue weighted by atomic mass is 16.3. The molecule has 0 radical (unpaired) electrons. The molecular weight excluding hydrogens is 599 g/mol. The van der Waals surface area contributed by atoms with Crippen molar-refractivity contribution >= 4 is 21.9 Å². The average Bonchev–Trinajstić information content (AvgIpc) is 3.57. The summed E-state index contributed by atoms with van der Waals surface area (Å²) in [6.07, 6.45) is 3.67. The Morgan fingerprint density at radius 2 is 0.918 bits per heavy atom. The molecule has 0 aliphatic heterocycles. The monoisotopic (exact) mass is 627 g/mol. The van der Waals surface area contributed by atoms with E-state index in [-0.39, 0.29) is 0 Å². The first-order chi connectivity index (χ1) is 24.2. The fourth-order valence-corrected chi connectivity index (χ4v) is 6.45. The van der Waals surface area contributed by atoms with E-state index in [1.807, 2.05) is 42.6 Å². The second-order valence-electron chi connectivity index (χ2n) is 12.1. The zero-order chi connectivity index (χ0) is 32.6. The lowest BCUT2D eigenvalue weighted by Crippen LogP contribution is -1.96. The zero-order valence-corrected chi connectivity index (χ0v) is 26.5. The van der Waals surface area contributed by atoms with Crippen molar-refractivity contribution in [1.29, 1.82) is 0 Å². The first kappa shape index (κ1) is 28.6. The first-order valence-corrected chi connectivity index (χ1v) is 16.3. The Hall–Kier alpha value is -6.65. The van der Waals surface area contributed by atoms with Crippen LogP contribution in [0.25, 0.3) is 89.2 Å². The summed E-state index contributed by atoms with van der Waals surface area (Å²) in [5.41, 5.74) is 13.3. The Balaban J connectivity index is 1.13. The molecule has 3 aromatic heterocycles. The summed E-state index contributed by atoms with van der Waals surface area (Å²) in [6, 6.07) is 56.7. The van der Waals surface area contributed by atoms with Crippen molar-refractivity contribution < 1.29 is 4.42 Å². The Morgan fingerprint density at radius 3 is 1.65 bits per heavy atom. The molecule has 4 nitrogen and oxygen atoms in total. The lowest BCUT2D eigenvalue weighted by Gasteiger charge is -2.11. The van der Waals surface area contributed by atoms with Gasteiger partial charge in [-0.2, -0.15) is 0 Å². The van der Waals surface area contributed by atoms with Crippen LogP contribution < -0.4 is 0 Å². The maximum atomic E-state index is 6.12. The molecule has 0 atom stereocenters. The minimum Gasteiger partial charge on any atom is -0.456 e. The van der Waals surface area contributed by atoms with Crippen molar-refractivity contribution in [3.63, 3.8) is 0 Å². The van der Waals surface area contributed by atoms with E-state index in [9.17, 15) is 0 Å². The van der Waals surface area contributed by atoms with Gasteiger partial charge in [0.25, 0.3) is 0 Å². The van der Waals surface area contributed by atoms with E-state index in [0.29, 0.717) is 5.82 Å². The molecule has 9 rings (SSSR count). The number of fused-ring (bicyclic) bond motifs is 3. The maximum Gasteiger partial charge on any atom is 0.160 e. The molecule has 0 aliphatic rings. The molecule has 0 saturated heterocycles. The summed E-state index contributed by atoms with van der Waals surface area (Å²) in [6.45, 7) is 0. The maximum absolute atomic E-state index is 6.12. The predicted molar refractivity (Wildman–Crippen MR) is 200 cm³/mol. The lowest BCUT2D eigenvalue weighted by molar-refractivity contribution is 0.669. The summed E-state index contributed by atoms with van der Waals surface area (Å²) in [5, 5.41) is 2.15. The number of hydrogen-bond acceptors (Lipinski definition) is 4. The second kappa shape index (κ2) is 12.2. The van der Waals surface area contributed by atoms with Crippen molar-refractivity contribution in [2.45, 2.75) is 0 Å². The van der Waals surface area contributed by atoms with E-state index in [1.54, 1.807) is 6.20 Å². The third-order valence-electron chi connectivity index (χ3n) is 9.02. The van der Waals surface area contributed by atoms with Gasteiger partial charge in [-0.15, -0.1) is 0 Å². The fraction of sp³-hybridized carbons (Fsp3) is 0. The van der Waals surface area contributed by atoms with Gasteiger partial charge < -0.3 is 4.42 Å². The van der Waals surface area contributed by atoms with Crippen molar-refractivity contribution in [2.24, 2.45) is 0 Å². The van der Waals surface area contributed by atoms with Gasteiger partial charge in [0, 0.05) is 45.4 Å². The molecule has 9 aromatic rings. The Kier molecular flexibility index (Phi) is 7.10. The molecular formula is C45H29N3O. The van der Waals surface area contributed by atoms with Crippen LogP contribution in [0.1, 0.15) is 0 Å². The van der Waals surface area contributed by atoms with E-state index in [2.05, 4.69) is 132 Å². The number of aromatic nitrogens is 3. The Labute approximate surface area is 284 Å². The minimum absolute atomic E-state index is 0.663. The van der Waals surface area contributed by atoms with Crippen LogP contribution in [-0.4, -0.2) is 15.0 Å². The van der Waals surface area contributed by atoms with E-state index in [1.165, 1.54) is 16.7 Å². The van der Waals surface area contributed by atoms with Crippen molar-refractivity contribution in [2.75, 3.05) is 0 Å². The van der Waals surface area contributed by atoms with Crippen LogP contribution in [0, 0.1) is 0 Å². The first-order valence-electron chi connectivity index (χ1n) is 16.3. The number of benzene rings is 6. The van der Waals surface area contributed by atoms with Crippen LogP contribution in [0.4, 0.5) is 0 Å². The molecule has 0 saturated carbocycles. The molecule has 49 heavy (non-hydrogen) atoms. The molecule has 6 aromatic carbocycles. The highest BCUT2D eigenvalue weighted by Crippen LogP contribution is 2.35. The van der Waals surface area contributed by atoms with Gasteiger partial charge in [0.2, 0.25) is 0 Å². The molecule has 0 spiro atoms. The third kappa shape index (κ3) is 5.56. The molecule has 0 amide bonds. The number of pyridine rings is 1. The highest BCUT2D eigenvalue weighted by molar-refractivity contribution is 6.06. The SMILES string of the molecule is c1ccc(-c2ccc(-c3ccc(-c4cc(-c5ccc6oc7ccccc7c6c5)nc(-c5cccc(-c6cccnc6)c5)n4)cc3)cc2)cc1. The summed E-state index contributed by atoms with van der Waals surface area (Å²) in [7, 11) is 0. The molecule has 4 heteroatoms. The van der Waals surface area contributed by atoms with Crippen LogP contribution in [-0.2, 0) is 0 Å². The molecule has 0 bridgehead atoms. The Morgan fingerprint density at radius 1 is 0.347 bits per heavy atom. The summed E-state index contributed by atoms with van der Waals surface area (Å²) < 4.78 is 6.12. The van der Waals surface area contributed by atoms with Crippen molar-refractivity contribution in [3.05, 3.63) is 176 Å². The van der Waals surface area contributed by atoms with E-state index in [4.69, 9.17) is 14.4 Å². The topological polar surface area (TPSA) is 51.8 Å². The quantitative estimate of drug-likeness (QED) is 0.184. The smallest absolute Gasteiger partial charge is 0.160 e. The van der Waals surface area contributed by atoms with Crippen LogP contribution in [0.5, 0.6) is 0 Å². The molecule has 0 aliphatic carbocycles. The van der Waals surface area contributed by atoms with Crippen LogP contribution >= 0.6 is 0 Å². The number of rotatable bonds is 6. The Bertz CT molecular complexity index is 2570. The van der Waals surface area contributed by atoms with Gasteiger partial charge in [0.05, 0.1) is 11.4 Å². The van der Waals surface area contributed by atoms with Crippen molar-refractivity contribution in [1.82, 2.24) is 15.0 Å². The largest absolute Gasteiger partial charge is 0.456 e. The van der Waals surface area contributed by atoms with Crippen LogP contribution in [0.3, 0.4) is 0 Å². The molecule has 3 heterocycles. The average molecular weight is 628 g/mol. The molecule has 0 N–H and O–H groups in total. The lowest BCUT2D eigenvalue weighted by atomic mass is 9.98. The normalized spacial score (nSPS) is 11.3. The summed E-state index contributed by atoms with van der Waals surface area (Å²) in [4.78, 5) is 14.6. The van der Waals surface area contributed by atoms with Gasteiger partial charge in [-0.25, -0.2) is 9.97 Å². The number of hydrogen-bond donors (Lipinski definition) is 0. The van der Waals surface area contributed by atoms with Gasteiger partial charge in [-0.3, -0.25) is 4.98 Å². The number of furan rings is 1. The standard InChI is InChI=1S/C45H29N3O/c1-2-8-30(9-3-1)31-15-17-32(18-16-31)33-19-21-34(22-20-33)41-28-42(36-23-24-44-40(27-36)39-13-4-5-14-43(39)49-44)48-45(47-41)37-11-6-10-35(26-37)38-12-7-25-46-29-38/h1-29H.